The maximum absolute atomic E-state index is 6.15. The van der Waals surface area contributed by atoms with E-state index < -0.39 is 0 Å². The topological polar surface area (TPSA) is 19.4 Å². The molecule has 0 spiro atoms. The van der Waals surface area contributed by atoms with Crippen LogP contribution in [0, 0.1) is 0 Å². The molecule has 2 aromatic carbocycles. The van der Waals surface area contributed by atoms with Crippen molar-refractivity contribution in [3.8, 4) is 11.3 Å². The van der Waals surface area contributed by atoms with Gasteiger partial charge in [-0.15, -0.1) is 11.3 Å². The Kier molecular flexibility index (Phi) is 5.46. The van der Waals surface area contributed by atoms with E-state index in [1.54, 1.807) is 11.3 Å². The molecule has 0 saturated carbocycles. The van der Waals surface area contributed by atoms with Crippen molar-refractivity contribution < 1.29 is 0 Å². The molecule has 134 valence electrons. The van der Waals surface area contributed by atoms with Crippen LogP contribution in [0.4, 0.5) is 5.69 Å². The van der Waals surface area contributed by atoms with Crippen LogP contribution >= 0.6 is 34.5 Å². The van der Waals surface area contributed by atoms with Gasteiger partial charge >= 0.3 is 0 Å². The lowest BCUT2D eigenvalue weighted by atomic mass is 10.2. The Morgan fingerprint density at radius 1 is 0.923 bits per heavy atom. The highest BCUT2D eigenvalue weighted by molar-refractivity contribution is 7.09. The third kappa shape index (κ3) is 4.04. The molecule has 0 unspecified atom stereocenters. The third-order valence-electron chi connectivity index (χ3n) is 4.62. The third-order valence-corrected chi connectivity index (χ3v) is 6.19. The van der Waals surface area contributed by atoms with Crippen molar-refractivity contribution in [2.24, 2.45) is 0 Å². The summed E-state index contributed by atoms with van der Waals surface area (Å²) in [5.41, 5.74) is 3.39. The molecular formula is C20H19Cl2N3S. The standard InChI is InChI=1S/C20H19Cl2N3S/c21-17-7-6-16(12-18(17)22)25-10-8-24(9-11-25)13-20-23-19(14-26-20)15-4-2-1-3-5-15/h1-7,12,14H,8-11,13H2. The first-order valence-electron chi connectivity index (χ1n) is 8.61. The summed E-state index contributed by atoms with van der Waals surface area (Å²) >= 11 is 13.9. The van der Waals surface area contributed by atoms with Gasteiger partial charge in [-0.2, -0.15) is 0 Å². The minimum Gasteiger partial charge on any atom is -0.369 e. The number of anilines is 1. The van der Waals surface area contributed by atoms with Gasteiger partial charge in [0.2, 0.25) is 0 Å². The monoisotopic (exact) mass is 403 g/mol. The molecule has 6 heteroatoms. The van der Waals surface area contributed by atoms with Crippen LogP contribution in [0.5, 0.6) is 0 Å². The molecule has 0 aliphatic carbocycles. The van der Waals surface area contributed by atoms with Crippen molar-refractivity contribution in [3.63, 3.8) is 0 Å². The van der Waals surface area contributed by atoms with E-state index in [9.17, 15) is 0 Å². The summed E-state index contributed by atoms with van der Waals surface area (Å²) in [7, 11) is 0. The Labute approximate surface area is 167 Å². The zero-order valence-electron chi connectivity index (χ0n) is 14.2. The first-order valence-corrected chi connectivity index (χ1v) is 10.2. The quantitative estimate of drug-likeness (QED) is 0.577. The molecule has 1 saturated heterocycles. The van der Waals surface area contributed by atoms with Gasteiger partial charge in [0.15, 0.2) is 0 Å². The molecule has 0 bridgehead atoms. The molecule has 2 heterocycles. The highest BCUT2D eigenvalue weighted by Gasteiger charge is 2.19. The zero-order valence-corrected chi connectivity index (χ0v) is 16.6. The number of halogens is 2. The van der Waals surface area contributed by atoms with Gasteiger partial charge in [-0.25, -0.2) is 4.98 Å². The first kappa shape index (κ1) is 17.8. The highest BCUT2D eigenvalue weighted by atomic mass is 35.5. The summed E-state index contributed by atoms with van der Waals surface area (Å²) in [5, 5.41) is 4.54. The average molecular weight is 404 g/mol. The maximum Gasteiger partial charge on any atom is 0.107 e. The first-order chi connectivity index (χ1) is 12.7. The van der Waals surface area contributed by atoms with Crippen molar-refractivity contribution in [2.45, 2.75) is 6.54 Å². The van der Waals surface area contributed by atoms with E-state index in [2.05, 4.69) is 39.4 Å². The largest absolute Gasteiger partial charge is 0.369 e. The number of benzene rings is 2. The van der Waals surface area contributed by atoms with Gasteiger partial charge < -0.3 is 4.90 Å². The number of hydrogen-bond acceptors (Lipinski definition) is 4. The lowest BCUT2D eigenvalue weighted by Gasteiger charge is -2.35. The molecule has 0 radical (unpaired) electrons. The van der Waals surface area contributed by atoms with Crippen molar-refractivity contribution in [3.05, 3.63) is 69.0 Å². The van der Waals surface area contributed by atoms with Crippen LogP contribution in [0.15, 0.2) is 53.9 Å². The summed E-state index contributed by atoms with van der Waals surface area (Å²) in [5.74, 6) is 0. The van der Waals surface area contributed by atoms with Crippen molar-refractivity contribution >= 4 is 40.2 Å². The molecule has 3 aromatic rings. The number of nitrogens with zero attached hydrogens (tertiary/aromatic N) is 3. The van der Waals surface area contributed by atoms with Gasteiger partial charge in [-0.1, -0.05) is 53.5 Å². The smallest absolute Gasteiger partial charge is 0.107 e. The fourth-order valence-corrected chi connectivity index (χ4v) is 4.30. The Morgan fingerprint density at radius 3 is 2.42 bits per heavy atom. The lowest BCUT2D eigenvalue weighted by molar-refractivity contribution is 0.249. The Balaban J connectivity index is 1.35. The number of hydrogen-bond donors (Lipinski definition) is 0. The fraction of sp³-hybridized carbons (Fsp3) is 0.250. The van der Waals surface area contributed by atoms with Crippen molar-refractivity contribution in [1.82, 2.24) is 9.88 Å². The second-order valence-electron chi connectivity index (χ2n) is 6.35. The maximum atomic E-state index is 6.15. The summed E-state index contributed by atoms with van der Waals surface area (Å²) in [6.45, 7) is 4.90. The van der Waals surface area contributed by atoms with Gasteiger partial charge in [0, 0.05) is 42.8 Å². The summed E-state index contributed by atoms with van der Waals surface area (Å²) in [4.78, 5) is 9.62. The molecule has 4 rings (SSSR count). The SMILES string of the molecule is Clc1ccc(N2CCN(Cc3nc(-c4ccccc4)cs3)CC2)cc1Cl. The van der Waals surface area contributed by atoms with Gasteiger partial charge in [-0.3, -0.25) is 4.90 Å². The number of piperazine rings is 1. The van der Waals surface area contributed by atoms with E-state index in [-0.39, 0.29) is 0 Å². The van der Waals surface area contributed by atoms with Crippen molar-refractivity contribution in [2.75, 3.05) is 31.1 Å². The van der Waals surface area contributed by atoms with E-state index in [1.807, 2.05) is 24.3 Å². The molecule has 1 aromatic heterocycles. The molecule has 0 atom stereocenters. The van der Waals surface area contributed by atoms with Crippen LogP contribution in [0.3, 0.4) is 0 Å². The fourth-order valence-electron chi connectivity index (χ4n) is 3.16. The van der Waals surface area contributed by atoms with E-state index in [0.717, 1.165) is 44.1 Å². The van der Waals surface area contributed by atoms with Crippen molar-refractivity contribution in [1.29, 1.82) is 0 Å². The summed E-state index contributed by atoms with van der Waals surface area (Å²) in [6, 6.07) is 16.2. The number of rotatable bonds is 4. The van der Waals surface area contributed by atoms with Gasteiger partial charge in [0.05, 0.1) is 22.3 Å². The number of thiazole rings is 1. The van der Waals surface area contributed by atoms with Gasteiger partial charge in [-0.05, 0) is 18.2 Å². The van der Waals surface area contributed by atoms with Gasteiger partial charge in [0.1, 0.15) is 5.01 Å². The molecule has 3 nitrogen and oxygen atoms in total. The van der Waals surface area contributed by atoms with E-state index in [1.165, 1.54) is 10.6 Å². The van der Waals surface area contributed by atoms with Crippen LogP contribution in [0.25, 0.3) is 11.3 Å². The minimum atomic E-state index is 0.604. The number of aromatic nitrogens is 1. The Bertz CT molecular complexity index is 874. The van der Waals surface area contributed by atoms with E-state index in [4.69, 9.17) is 28.2 Å². The van der Waals surface area contributed by atoms with E-state index >= 15 is 0 Å². The molecular weight excluding hydrogens is 385 g/mol. The second kappa shape index (κ2) is 7.97. The predicted octanol–water partition coefficient (Wildman–Crippen LogP) is 5.44. The van der Waals surface area contributed by atoms with E-state index in [0.29, 0.717) is 10.0 Å². The van der Waals surface area contributed by atoms with Crippen LogP contribution < -0.4 is 4.90 Å². The molecule has 1 aliphatic rings. The van der Waals surface area contributed by atoms with Gasteiger partial charge in [0.25, 0.3) is 0 Å². The molecule has 26 heavy (non-hydrogen) atoms. The molecule has 1 aliphatic heterocycles. The zero-order chi connectivity index (χ0) is 17.9. The normalized spacial score (nSPS) is 15.4. The summed E-state index contributed by atoms with van der Waals surface area (Å²) in [6.07, 6.45) is 0. The van der Waals surface area contributed by atoms with Crippen LogP contribution in [0.1, 0.15) is 5.01 Å². The highest BCUT2D eigenvalue weighted by Crippen LogP contribution is 2.28. The van der Waals surface area contributed by atoms with Crippen LogP contribution in [0.2, 0.25) is 10.0 Å². The molecule has 0 amide bonds. The molecule has 0 N–H and O–H groups in total. The molecule has 1 fully saturated rings. The Morgan fingerprint density at radius 2 is 1.69 bits per heavy atom. The second-order valence-corrected chi connectivity index (χ2v) is 8.11. The predicted molar refractivity (Wildman–Crippen MR) is 112 cm³/mol. The van der Waals surface area contributed by atoms with Crippen LogP contribution in [-0.2, 0) is 6.54 Å². The summed E-state index contributed by atoms with van der Waals surface area (Å²) < 4.78 is 0. The Hall–Kier alpha value is -1.59. The average Bonchev–Trinajstić information content (AvgIpc) is 3.14. The minimum absolute atomic E-state index is 0.604. The van der Waals surface area contributed by atoms with Crippen LogP contribution in [-0.4, -0.2) is 36.1 Å². The lowest BCUT2D eigenvalue weighted by Crippen LogP contribution is -2.45.